The van der Waals surface area contributed by atoms with E-state index in [-0.39, 0.29) is 11.8 Å². The van der Waals surface area contributed by atoms with Gasteiger partial charge in [0.15, 0.2) is 0 Å². The lowest BCUT2D eigenvalue weighted by atomic mass is 9.85. The molecule has 1 fully saturated rings. The zero-order valence-corrected chi connectivity index (χ0v) is 11.0. The van der Waals surface area contributed by atoms with Crippen LogP contribution in [-0.2, 0) is 4.79 Å². The standard InChI is InChI=1S/C13H13ClN4O/c14-10-5-2-6-11(12(10)18-8-15-7-16-18)17-13(19)9-3-1-4-9/h2,5-9H,1,3-4H2,(H,17,19). The summed E-state index contributed by atoms with van der Waals surface area (Å²) in [5.74, 6) is 0.178. The summed E-state index contributed by atoms with van der Waals surface area (Å²) in [7, 11) is 0. The second kappa shape index (κ2) is 5.01. The number of halogens is 1. The number of amides is 1. The molecular weight excluding hydrogens is 264 g/mol. The minimum absolute atomic E-state index is 0.0508. The maximum absolute atomic E-state index is 12.0. The molecule has 5 nitrogen and oxygen atoms in total. The van der Waals surface area contributed by atoms with E-state index in [1.54, 1.807) is 23.1 Å². The average Bonchev–Trinajstić information content (AvgIpc) is 2.79. The molecule has 1 aliphatic rings. The van der Waals surface area contributed by atoms with Crippen molar-refractivity contribution >= 4 is 23.2 Å². The van der Waals surface area contributed by atoms with E-state index in [0.717, 1.165) is 19.3 Å². The van der Waals surface area contributed by atoms with Crippen LogP contribution in [0.25, 0.3) is 5.69 Å². The lowest BCUT2D eigenvalue weighted by Gasteiger charge is -2.24. The molecule has 1 aromatic carbocycles. The highest BCUT2D eigenvalue weighted by Crippen LogP contribution is 2.31. The molecular formula is C13H13ClN4O. The number of carbonyl (C=O) groups excluding carboxylic acids is 1. The van der Waals surface area contributed by atoms with E-state index in [2.05, 4.69) is 15.4 Å². The van der Waals surface area contributed by atoms with Gasteiger partial charge < -0.3 is 5.32 Å². The molecule has 6 heteroatoms. The number of carbonyl (C=O) groups is 1. The molecule has 19 heavy (non-hydrogen) atoms. The fourth-order valence-electron chi connectivity index (χ4n) is 2.08. The van der Waals surface area contributed by atoms with E-state index >= 15 is 0 Å². The van der Waals surface area contributed by atoms with Crippen LogP contribution in [0.15, 0.2) is 30.9 Å². The lowest BCUT2D eigenvalue weighted by Crippen LogP contribution is -2.28. The van der Waals surface area contributed by atoms with Crippen molar-refractivity contribution in [3.63, 3.8) is 0 Å². The third-order valence-electron chi connectivity index (χ3n) is 3.37. The second-order valence-corrected chi connectivity index (χ2v) is 5.00. The first kappa shape index (κ1) is 12.2. The molecule has 1 N–H and O–H groups in total. The van der Waals surface area contributed by atoms with Gasteiger partial charge in [-0.15, -0.1) is 0 Å². The van der Waals surface area contributed by atoms with Crippen LogP contribution in [0.4, 0.5) is 5.69 Å². The molecule has 3 rings (SSSR count). The summed E-state index contributed by atoms with van der Waals surface area (Å²) in [5, 5.41) is 7.52. The van der Waals surface area contributed by atoms with E-state index in [1.807, 2.05) is 6.07 Å². The van der Waals surface area contributed by atoms with Gasteiger partial charge in [0.25, 0.3) is 0 Å². The molecule has 2 aromatic rings. The number of nitrogens with one attached hydrogen (secondary N) is 1. The monoisotopic (exact) mass is 276 g/mol. The van der Waals surface area contributed by atoms with Crippen molar-refractivity contribution in [2.24, 2.45) is 5.92 Å². The number of hydrogen-bond acceptors (Lipinski definition) is 3. The number of nitrogens with zero attached hydrogens (tertiary/aromatic N) is 3. The van der Waals surface area contributed by atoms with Gasteiger partial charge in [-0.05, 0) is 25.0 Å². The zero-order chi connectivity index (χ0) is 13.2. The lowest BCUT2D eigenvalue weighted by molar-refractivity contribution is -0.122. The summed E-state index contributed by atoms with van der Waals surface area (Å²) in [5.41, 5.74) is 1.31. The van der Waals surface area contributed by atoms with Crippen molar-refractivity contribution in [1.82, 2.24) is 14.8 Å². The van der Waals surface area contributed by atoms with E-state index in [4.69, 9.17) is 11.6 Å². The number of hydrogen-bond donors (Lipinski definition) is 1. The van der Waals surface area contributed by atoms with E-state index in [0.29, 0.717) is 16.4 Å². The Hall–Kier alpha value is -1.88. The molecule has 0 saturated heterocycles. The summed E-state index contributed by atoms with van der Waals surface area (Å²) in [4.78, 5) is 15.9. The van der Waals surface area contributed by atoms with E-state index < -0.39 is 0 Å². The summed E-state index contributed by atoms with van der Waals surface area (Å²) in [6, 6.07) is 5.39. The van der Waals surface area contributed by atoms with Crippen molar-refractivity contribution in [2.75, 3.05) is 5.32 Å². The Morgan fingerprint density at radius 2 is 2.26 bits per heavy atom. The third kappa shape index (κ3) is 2.33. The minimum atomic E-state index is 0.0508. The molecule has 1 saturated carbocycles. The van der Waals surface area contributed by atoms with Gasteiger partial charge in [0.05, 0.1) is 10.7 Å². The number of rotatable bonds is 3. The van der Waals surface area contributed by atoms with Crippen molar-refractivity contribution in [3.05, 3.63) is 35.9 Å². The van der Waals surface area contributed by atoms with Crippen LogP contribution in [0.3, 0.4) is 0 Å². The molecule has 1 aromatic heterocycles. The summed E-state index contributed by atoms with van der Waals surface area (Å²) >= 11 is 6.19. The Morgan fingerprint density at radius 3 is 2.89 bits per heavy atom. The first-order valence-corrected chi connectivity index (χ1v) is 6.58. The van der Waals surface area contributed by atoms with Crippen molar-refractivity contribution < 1.29 is 4.79 Å². The molecule has 1 aliphatic carbocycles. The summed E-state index contributed by atoms with van der Waals surface area (Å²) < 4.78 is 1.55. The van der Waals surface area contributed by atoms with Gasteiger partial charge in [-0.1, -0.05) is 24.1 Å². The van der Waals surface area contributed by atoms with E-state index in [9.17, 15) is 4.79 Å². The minimum Gasteiger partial charge on any atom is -0.324 e. The maximum atomic E-state index is 12.0. The van der Waals surface area contributed by atoms with Crippen LogP contribution >= 0.6 is 11.6 Å². The smallest absolute Gasteiger partial charge is 0.227 e. The van der Waals surface area contributed by atoms with Crippen LogP contribution in [0, 0.1) is 5.92 Å². The summed E-state index contributed by atoms with van der Waals surface area (Å²) in [6.45, 7) is 0. The van der Waals surface area contributed by atoms with Gasteiger partial charge in [-0.3, -0.25) is 4.79 Å². The fourth-order valence-corrected chi connectivity index (χ4v) is 2.34. The topological polar surface area (TPSA) is 59.8 Å². The van der Waals surface area contributed by atoms with Crippen LogP contribution < -0.4 is 5.32 Å². The summed E-state index contributed by atoms with van der Waals surface area (Å²) in [6.07, 6.45) is 6.04. The number of aromatic nitrogens is 3. The van der Waals surface area contributed by atoms with Crippen LogP contribution in [0.2, 0.25) is 5.02 Å². The SMILES string of the molecule is O=C(Nc1cccc(Cl)c1-n1cncn1)C1CCC1. The predicted molar refractivity (Wildman–Crippen MR) is 72.3 cm³/mol. The van der Waals surface area contributed by atoms with Gasteiger partial charge in [0, 0.05) is 5.92 Å². The molecule has 1 amide bonds. The molecule has 0 aliphatic heterocycles. The van der Waals surface area contributed by atoms with Crippen LogP contribution in [0.5, 0.6) is 0 Å². The number of anilines is 1. The maximum Gasteiger partial charge on any atom is 0.227 e. The highest BCUT2D eigenvalue weighted by atomic mass is 35.5. The molecule has 0 unspecified atom stereocenters. The highest BCUT2D eigenvalue weighted by molar-refractivity contribution is 6.33. The van der Waals surface area contributed by atoms with Crippen molar-refractivity contribution in [2.45, 2.75) is 19.3 Å². The molecule has 98 valence electrons. The Morgan fingerprint density at radius 1 is 1.42 bits per heavy atom. The average molecular weight is 277 g/mol. The van der Waals surface area contributed by atoms with Crippen LogP contribution in [0.1, 0.15) is 19.3 Å². The molecule has 0 spiro atoms. The first-order chi connectivity index (χ1) is 9.25. The van der Waals surface area contributed by atoms with Crippen LogP contribution in [-0.4, -0.2) is 20.7 Å². The second-order valence-electron chi connectivity index (χ2n) is 4.59. The predicted octanol–water partition coefficient (Wildman–Crippen LogP) is 2.66. The Labute approximate surface area is 115 Å². The zero-order valence-electron chi connectivity index (χ0n) is 10.2. The first-order valence-electron chi connectivity index (χ1n) is 6.20. The van der Waals surface area contributed by atoms with Gasteiger partial charge in [0.1, 0.15) is 18.3 Å². The number of benzene rings is 1. The number of para-hydroxylation sites is 1. The molecule has 0 bridgehead atoms. The molecule has 0 radical (unpaired) electrons. The molecule has 0 atom stereocenters. The molecule has 1 heterocycles. The largest absolute Gasteiger partial charge is 0.324 e. The van der Waals surface area contributed by atoms with Crippen molar-refractivity contribution in [3.8, 4) is 5.69 Å². The van der Waals surface area contributed by atoms with E-state index in [1.165, 1.54) is 6.33 Å². The van der Waals surface area contributed by atoms with Crippen molar-refractivity contribution in [1.29, 1.82) is 0 Å². The fraction of sp³-hybridized carbons (Fsp3) is 0.308. The van der Waals surface area contributed by atoms with Gasteiger partial charge >= 0.3 is 0 Å². The quantitative estimate of drug-likeness (QED) is 0.937. The van der Waals surface area contributed by atoms with Gasteiger partial charge in [-0.25, -0.2) is 9.67 Å². The Balaban J connectivity index is 1.92. The highest BCUT2D eigenvalue weighted by Gasteiger charge is 2.26. The normalized spacial score (nSPS) is 15.0. The van der Waals surface area contributed by atoms with Gasteiger partial charge in [-0.2, -0.15) is 5.10 Å². The Bertz CT molecular complexity index is 593. The van der Waals surface area contributed by atoms with Gasteiger partial charge in [0.2, 0.25) is 5.91 Å². The third-order valence-corrected chi connectivity index (χ3v) is 3.67. The Kier molecular flexibility index (Phi) is 3.21.